The molecule has 2 aromatic heterocycles. The molecule has 0 bridgehead atoms. The molecule has 0 aliphatic carbocycles. The summed E-state index contributed by atoms with van der Waals surface area (Å²) in [5, 5.41) is 11.9. The predicted molar refractivity (Wildman–Crippen MR) is 123 cm³/mol. The molecule has 33 heavy (non-hydrogen) atoms. The largest absolute Gasteiger partial charge is 0.385 e. The number of pyridine rings is 1. The Morgan fingerprint density at radius 1 is 1.30 bits per heavy atom. The second-order valence-electron chi connectivity index (χ2n) is 8.29. The van der Waals surface area contributed by atoms with E-state index in [0.29, 0.717) is 59.3 Å². The van der Waals surface area contributed by atoms with Crippen LogP contribution < -0.4 is 5.32 Å². The number of benzene rings is 1. The van der Waals surface area contributed by atoms with Crippen LogP contribution in [0, 0.1) is 17.2 Å². The molecule has 1 N–H and O–H groups in total. The summed E-state index contributed by atoms with van der Waals surface area (Å²) in [5.74, 6) is 0.395. The van der Waals surface area contributed by atoms with Gasteiger partial charge in [0.05, 0.1) is 17.2 Å². The van der Waals surface area contributed by atoms with Gasteiger partial charge in [-0.1, -0.05) is 13.0 Å². The van der Waals surface area contributed by atoms with Gasteiger partial charge in [0.15, 0.2) is 5.65 Å². The van der Waals surface area contributed by atoms with Crippen LogP contribution in [-0.4, -0.2) is 58.1 Å². The fraction of sp³-hybridized carbons (Fsp3) is 0.375. The van der Waals surface area contributed by atoms with E-state index in [2.05, 4.69) is 22.2 Å². The number of rotatable bonds is 7. The second-order valence-corrected chi connectivity index (χ2v) is 8.29. The Morgan fingerprint density at radius 2 is 2.15 bits per heavy atom. The van der Waals surface area contributed by atoms with Crippen molar-refractivity contribution in [1.29, 1.82) is 5.26 Å². The van der Waals surface area contributed by atoms with Crippen molar-refractivity contribution >= 4 is 28.9 Å². The summed E-state index contributed by atoms with van der Waals surface area (Å²) in [6.07, 6.45) is 3.27. The van der Waals surface area contributed by atoms with Crippen LogP contribution in [0.1, 0.15) is 46.0 Å². The first-order chi connectivity index (χ1) is 16.0. The molecule has 9 heteroatoms. The van der Waals surface area contributed by atoms with Crippen molar-refractivity contribution in [3.05, 3.63) is 53.2 Å². The highest BCUT2D eigenvalue weighted by molar-refractivity contribution is 6.04. The lowest BCUT2D eigenvalue weighted by molar-refractivity contribution is 0.0787. The van der Waals surface area contributed by atoms with Crippen LogP contribution in [0.5, 0.6) is 0 Å². The average Bonchev–Trinajstić information content (AvgIpc) is 3.41. The minimum Gasteiger partial charge on any atom is -0.385 e. The number of hydrogen-bond acceptors (Lipinski definition) is 6. The van der Waals surface area contributed by atoms with Crippen molar-refractivity contribution in [2.24, 2.45) is 5.92 Å². The molecule has 1 saturated heterocycles. The number of nitriles is 1. The molecular weight excluding hydrogens is 420 g/mol. The Morgan fingerprint density at radius 3 is 2.88 bits per heavy atom. The van der Waals surface area contributed by atoms with Gasteiger partial charge < -0.3 is 9.64 Å². The van der Waals surface area contributed by atoms with Crippen LogP contribution in [0.15, 0.2) is 36.5 Å². The summed E-state index contributed by atoms with van der Waals surface area (Å²) in [7, 11) is 1.63. The van der Waals surface area contributed by atoms with Crippen LogP contribution in [0.2, 0.25) is 0 Å². The number of methoxy groups -OCH3 is 1. The molecule has 1 atom stereocenters. The molecule has 1 aromatic carbocycles. The van der Waals surface area contributed by atoms with Crippen molar-refractivity contribution in [2.75, 3.05) is 32.1 Å². The van der Waals surface area contributed by atoms with E-state index in [4.69, 9.17) is 10.00 Å². The molecule has 2 amide bonds. The quantitative estimate of drug-likeness (QED) is 0.558. The number of amides is 2. The lowest BCUT2D eigenvalue weighted by Crippen LogP contribution is -2.28. The van der Waals surface area contributed by atoms with Crippen molar-refractivity contribution in [1.82, 2.24) is 19.4 Å². The SMILES string of the molecule is COCCCn1c(NC(=O)c2cccc(C#N)c2)nc2cc(C(=O)N3CC[C@H](C)C3)cnc21. The monoisotopic (exact) mass is 446 g/mol. The first-order valence-electron chi connectivity index (χ1n) is 11.0. The number of likely N-dealkylation sites (tertiary alicyclic amines) is 1. The van der Waals surface area contributed by atoms with Gasteiger partial charge in [0.2, 0.25) is 5.95 Å². The van der Waals surface area contributed by atoms with Gasteiger partial charge in [0.1, 0.15) is 5.52 Å². The molecule has 3 aromatic rings. The van der Waals surface area contributed by atoms with Crippen molar-refractivity contribution in [2.45, 2.75) is 26.3 Å². The van der Waals surface area contributed by atoms with E-state index >= 15 is 0 Å². The Balaban J connectivity index is 1.65. The molecular formula is C24H26N6O3. The van der Waals surface area contributed by atoms with E-state index in [9.17, 15) is 9.59 Å². The van der Waals surface area contributed by atoms with Gasteiger partial charge in [-0.3, -0.25) is 19.5 Å². The van der Waals surface area contributed by atoms with Crippen LogP contribution in [0.4, 0.5) is 5.95 Å². The van der Waals surface area contributed by atoms with Crippen molar-refractivity contribution in [3.8, 4) is 6.07 Å². The highest BCUT2D eigenvalue weighted by Crippen LogP contribution is 2.23. The van der Waals surface area contributed by atoms with Gasteiger partial charge in [0, 0.05) is 45.1 Å². The first-order valence-corrected chi connectivity index (χ1v) is 11.0. The third-order valence-electron chi connectivity index (χ3n) is 5.75. The Hall–Kier alpha value is -3.77. The summed E-state index contributed by atoms with van der Waals surface area (Å²) in [6.45, 7) is 4.69. The summed E-state index contributed by atoms with van der Waals surface area (Å²) in [4.78, 5) is 36.7. The third kappa shape index (κ3) is 4.86. The molecule has 0 radical (unpaired) electrons. The minimum absolute atomic E-state index is 0.0541. The molecule has 1 aliphatic rings. The summed E-state index contributed by atoms with van der Waals surface area (Å²) >= 11 is 0. The van der Waals surface area contributed by atoms with E-state index < -0.39 is 0 Å². The van der Waals surface area contributed by atoms with Gasteiger partial charge in [-0.2, -0.15) is 5.26 Å². The molecule has 1 fully saturated rings. The zero-order valence-corrected chi connectivity index (χ0v) is 18.7. The number of carbonyl (C=O) groups is 2. The number of aryl methyl sites for hydroxylation is 1. The van der Waals surface area contributed by atoms with E-state index in [1.165, 1.54) is 6.07 Å². The molecule has 0 saturated carbocycles. The Kier molecular flexibility index (Phi) is 6.66. The highest BCUT2D eigenvalue weighted by atomic mass is 16.5. The van der Waals surface area contributed by atoms with Gasteiger partial charge in [0.25, 0.3) is 11.8 Å². The van der Waals surface area contributed by atoms with Crippen LogP contribution in [0.3, 0.4) is 0 Å². The highest BCUT2D eigenvalue weighted by Gasteiger charge is 2.25. The summed E-state index contributed by atoms with van der Waals surface area (Å²) < 4.78 is 6.97. The van der Waals surface area contributed by atoms with E-state index in [1.54, 1.807) is 37.6 Å². The summed E-state index contributed by atoms with van der Waals surface area (Å²) in [5.41, 5.74) is 2.36. The number of carbonyl (C=O) groups excluding carboxylic acids is 2. The van der Waals surface area contributed by atoms with Gasteiger partial charge in [-0.25, -0.2) is 9.97 Å². The lowest BCUT2D eigenvalue weighted by atomic mass is 10.1. The number of hydrogen-bond donors (Lipinski definition) is 1. The van der Waals surface area contributed by atoms with Crippen LogP contribution in [-0.2, 0) is 11.3 Å². The third-order valence-corrected chi connectivity index (χ3v) is 5.75. The molecule has 1 aliphatic heterocycles. The van der Waals surface area contributed by atoms with Crippen LogP contribution >= 0.6 is 0 Å². The second kappa shape index (κ2) is 9.79. The minimum atomic E-state index is -0.377. The molecule has 0 unspecified atom stereocenters. The zero-order chi connectivity index (χ0) is 23.4. The maximum absolute atomic E-state index is 12.9. The Bertz CT molecular complexity index is 1230. The molecule has 170 valence electrons. The number of nitrogens with one attached hydrogen (secondary N) is 1. The molecule has 4 rings (SSSR count). The van der Waals surface area contributed by atoms with Gasteiger partial charge >= 0.3 is 0 Å². The number of nitrogens with zero attached hydrogens (tertiary/aromatic N) is 5. The zero-order valence-electron chi connectivity index (χ0n) is 18.7. The van der Waals surface area contributed by atoms with Gasteiger partial charge in [-0.05, 0) is 43.0 Å². The first kappa shape index (κ1) is 22.4. The number of anilines is 1. The molecule has 9 nitrogen and oxygen atoms in total. The van der Waals surface area contributed by atoms with Crippen molar-refractivity contribution in [3.63, 3.8) is 0 Å². The van der Waals surface area contributed by atoms with E-state index in [1.807, 2.05) is 15.5 Å². The van der Waals surface area contributed by atoms with E-state index in [0.717, 1.165) is 19.5 Å². The van der Waals surface area contributed by atoms with Crippen LogP contribution in [0.25, 0.3) is 11.2 Å². The predicted octanol–water partition coefficient (Wildman–Crippen LogP) is 3.07. The Labute approximate surface area is 192 Å². The average molecular weight is 447 g/mol. The lowest BCUT2D eigenvalue weighted by Gasteiger charge is -2.15. The number of imidazole rings is 1. The topological polar surface area (TPSA) is 113 Å². The number of ether oxygens (including phenoxy) is 1. The van der Waals surface area contributed by atoms with E-state index in [-0.39, 0.29) is 11.8 Å². The standard InChI is InChI=1S/C24H26N6O3/c1-16-7-9-29(15-16)23(32)19-12-20-21(26-14-19)30(8-4-10-33-2)24(27-20)28-22(31)18-6-3-5-17(11-18)13-25/h3,5-6,11-12,14,16H,4,7-10,15H2,1-2H3,(H,27,28,31)/t16-/m0/s1. The maximum atomic E-state index is 12.9. The number of fused-ring (bicyclic) bond motifs is 1. The summed E-state index contributed by atoms with van der Waals surface area (Å²) in [6, 6.07) is 10.2. The fourth-order valence-electron chi connectivity index (χ4n) is 4.01. The number of aromatic nitrogens is 3. The molecule has 0 spiro atoms. The maximum Gasteiger partial charge on any atom is 0.258 e. The van der Waals surface area contributed by atoms with Gasteiger partial charge in [-0.15, -0.1) is 0 Å². The molecule has 3 heterocycles. The smallest absolute Gasteiger partial charge is 0.258 e. The fourth-order valence-corrected chi connectivity index (χ4v) is 4.01. The normalized spacial score (nSPS) is 15.5. The van der Waals surface area contributed by atoms with Crippen molar-refractivity contribution < 1.29 is 14.3 Å².